The van der Waals surface area contributed by atoms with Crippen molar-refractivity contribution in [1.29, 1.82) is 5.26 Å². The van der Waals surface area contributed by atoms with E-state index in [1.54, 1.807) is 6.92 Å². The van der Waals surface area contributed by atoms with Gasteiger partial charge in [-0.1, -0.05) is 0 Å². The molecule has 9 heteroatoms. The van der Waals surface area contributed by atoms with Gasteiger partial charge in [0.25, 0.3) is 0 Å². The number of hydrogen-bond donors (Lipinski definition) is 1. The lowest BCUT2D eigenvalue weighted by molar-refractivity contribution is 0.157. The van der Waals surface area contributed by atoms with Gasteiger partial charge in [0.1, 0.15) is 4.75 Å². The van der Waals surface area contributed by atoms with E-state index in [1.807, 2.05) is 11.0 Å². The summed E-state index contributed by atoms with van der Waals surface area (Å²) < 4.78 is 30.8. The summed E-state index contributed by atoms with van der Waals surface area (Å²) in [5.41, 5.74) is 0. The van der Waals surface area contributed by atoms with Crippen molar-refractivity contribution in [2.45, 2.75) is 24.5 Å². The zero-order chi connectivity index (χ0) is 14.5. The minimum Gasteiger partial charge on any atom is -0.449 e. The molecule has 1 heterocycles. The average Bonchev–Trinajstić information content (AvgIpc) is 2.38. The molecule has 1 N–H and O–H groups in total. The van der Waals surface area contributed by atoms with E-state index in [9.17, 15) is 13.2 Å². The summed E-state index contributed by atoms with van der Waals surface area (Å²) in [6.45, 7) is 2.12. The van der Waals surface area contributed by atoms with E-state index < -0.39 is 21.0 Å². The fourth-order valence-corrected chi connectivity index (χ4v) is 3.52. The molecular weight excluding hydrogens is 290 g/mol. The average molecular weight is 307 g/mol. The highest BCUT2D eigenvalue weighted by atomic mass is 32.2. The van der Waals surface area contributed by atoms with Gasteiger partial charge in [0, 0.05) is 13.1 Å². The minimum atomic E-state index is -3.88. The van der Waals surface area contributed by atoms with Crippen molar-refractivity contribution in [1.82, 2.24) is 9.03 Å². The molecule has 19 heavy (non-hydrogen) atoms. The van der Waals surface area contributed by atoms with Crippen LogP contribution in [0.2, 0.25) is 0 Å². The molecule has 1 rings (SSSR count). The number of nitrogens with zero attached hydrogens (tertiary/aromatic N) is 2. The molecule has 0 bridgehead atoms. The second-order valence-electron chi connectivity index (χ2n) is 4.04. The van der Waals surface area contributed by atoms with Crippen molar-refractivity contribution in [3.63, 3.8) is 0 Å². The van der Waals surface area contributed by atoms with Crippen LogP contribution in [0, 0.1) is 11.3 Å². The second kappa shape index (κ2) is 6.45. The van der Waals surface area contributed by atoms with Crippen LogP contribution < -0.4 is 4.72 Å². The van der Waals surface area contributed by atoms with Crippen LogP contribution in [0.25, 0.3) is 0 Å². The number of amides is 1. The Hall–Kier alpha value is -0.980. The number of ether oxygens (including phenoxy) is 1. The van der Waals surface area contributed by atoms with E-state index in [0.29, 0.717) is 12.8 Å². The Kier molecular flexibility index (Phi) is 5.46. The SMILES string of the molecule is CCOC(=O)NS(=O)(=O)N1CCC(C#N)(SC)CC1. The Bertz CT molecular complexity index is 464. The van der Waals surface area contributed by atoms with Crippen LogP contribution in [-0.4, -0.2) is 49.5 Å². The Morgan fingerprint density at radius 3 is 2.53 bits per heavy atom. The number of hydrogen-bond acceptors (Lipinski definition) is 6. The van der Waals surface area contributed by atoms with Crippen LogP contribution in [0.1, 0.15) is 19.8 Å². The topological polar surface area (TPSA) is 99.5 Å². The van der Waals surface area contributed by atoms with E-state index in [-0.39, 0.29) is 19.7 Å². The maximum Gasteiger partial charge on any atom is 0.421 e. The third-order valence-electron chi connectivity index (χ3n) is 2.95. The molecule has 0 saturated carbocycles. The maximum atomic E-state index is 11.9. The Morgan fingerprint density at radius 1 is 1.53 bits per heavy atom. The predicted molar refractivity (Wildman–Crippen MR) is 71.7 cm³/mol. The van der Waals surface area contributed by atoms with Gasteiger partial charge in [-0.25, -0.2) is 9.52 Å². The lowest BCUT2D eigenvalue weighted by Gasteiger charge is -2.34. The van der Waals surface area contributed by atoms with Crippen LogP contribution in [0.15, 0.2) is 0 Å². The zero-order valence-corrected chi connectivity index (χ0v) is 12.5. The van der Waals surface area contributed by atoms with Gasteiger partial charge in [-0.15, -0.1) is 11.8 Å². The first-order chi connectivity index (χ1) is 8.89. The van der Waals surface area contributed by atoms with E-state index in [2.05, 4.69) is 10.8 Å². The quantitative estimate of drug-likeness (QED) is 0.820. The van der Waals surface area contributed by atoms with Gasteiger partial charge in [0.2, 0.25) is 0 Å². The molecular formula is C10H17N3O4S2. The number of carbonyl (C=O) groups excluding carboxylic acids is 1. The maximum absolute atomic E-state index is 11.9. The minimum absolute atomic E-state index is 0.103. The van der Waals surface area contributed by atoms with E-state index in [4.69, 9.17) is 5.26 Å². The van der Waals surface area contributed by atoms with Gasteiger partial charge < -0.3 is 4.74 Å². The molecule has 1 aliphatic rings. The molecule has 0 aromatic rings. The third-order valence-corrected chi connectivity index (χ3v) is 5.70. The molecule has 108 valence electrons. The molecule has 7 nitrogen and oxygen atoms in total. The zero-order valence-electron chi connectivity index (χ0n) is 10.9. The van der Waals surface area contributed by atoms with Gasteiger partial charge in [0.15, 0.2) is 0 Å². The first-order valence-corrected chi connectivity index (χ1v) is 8.46. The molecule has 0 aliphatic carbocycles. The highest BCUT2D eigenvalue weighted by Crippen LogP contribution is 2.34. The summed E-state index contributed by atoms with van der Waals surface area (Å²) in [7, 11) is -3.88. The molecule has 0 unspecified atom stereocenters. The monoisotopic (exact) mass is 307 g/mol. The summed E-state index contributed by atoms with van der Waals surface area (Å²) in [6, 6.07) is 2.23. The summed E-state index contributed by atoms with van der Waals surface area (Å²) >= 11 is 1.43. The number of rotatable bonds is 4. The van der Waals surface area contributed by atoms with Crippen molar-refractivity contribution in [3.05, 3.63) is 0 Å². The number of carbonyl (C=O) groups is 1. The number of piperidine rings is 1. The molecule has 1 aliphatic heterocycles. The molecule has 1 amide bonds. The molecule has 0 spiro atoms. The van der Waals surface area contributed by atoms with Gasteiger partial charge in [-0.3, -0.25) is 0 Å². The second-order valence-corrected chi connectivity index (χ2v) is 6.90. The van der Waals surface area contributed by atoms with Crippen molar-refractivity contribution >= 4 is 28.1 Å². The van der Waals surface area contributed by atoms with Crippen LogP contribution in [-0.2, 0) is 14.9 Å². The van der Waals surface area contributed by atoms with E-state index in [0.717, 1.165) is 4.31 Å². The first-order valence-electron chi connectivity index (χ1n) is 5.80. The van der Waals surface area contributed by atoms with Crippen LogP contribution >= 0.6 is 11.8 Å². The number of nitriles is 1. The Labute approximate surface area is 117 Å². The molecule has 1 saturated heterocycles. The molecule has 0 radical (unpaired) electrons. The summed E-state index contributed by atoms with van der Waals surface area (Å²) in [5, 5.41) is 9.12. The van der Waals surface area contributed by atoms with Gasteiger partial charge in [-0.2, -0.15) is 18.0 Å². The van der Waals surface area contributed by atoms with Gasteiger partial charge >= 0.3 is 16.3 Å². The Balaban J connectivity index is 2.64. The van der Waals surface area contributed by atoms with Crippen molar-refractivity contribution < 1.29 is 17.9 Å². The fourth-order valence-electron chi connectivity index (χ4n) is 1.78. The normalized spacial score (nSPS) is 19.4. The molecule has 0 aromatic carbocycles. The van der Waals surface area contributed by atoms with Crippen LogP contribution in [0.5, 0.6) is 0 Å². The third kappa shape index (κ3) is 3.99. The van der Waals surface area contributed by atoms with E-state index in [1.165, 1.54) is 11.8 Å². The van der Waals surface area contributed by atoms with Crippen molar-refractivity contribution in [2.24, 2.45) is 0 Å². The van der Waals surface area contributed by atoms with Gasteiger partial charge in [0.05, 0.1) is 12.7 Å². The smallest absolute Gasteiger partial charge is 0.421 e. The number of thioether (sulfide) groups is 1. The summed E-state index contributed by atoms with van der Waals surface area (Å²) in [4.78, 5) is 11.1. The van der Waals surface area contributed by atoms with Crippen molar-refractivity contribution in [3.8, 4) is 6.07 Å². The lowest BCUT2D eigenvalue weighted by Crippen LogP contribution is -2.50. The molecule has 1 fully saturated rings. The highest BCUT2D eigenvalue weighted by molar-refractivity contribution is 8.00. The van der Waals surface area contributed by atoms with Crippen LogP contribution in [0.4, 0.5) is 4.79 Å². The largest absolute Gasteiger partial charge is 0.449 e. The molecule has 0 aromatic heterocycles. The predicted octanol–water partition coefficient (Wildman–Crippen LogP) is 0.698. The summed E-state index contributed by atoms with van der Waals surface area (Å²) in [6.07, 6.45) is 1.73. The van der Waals surface area contributed by atoms with Gasteiger partial charge in [-0.05, 0) is 26.0 Å². The fraction of sp³-hybridized carbons (Fsp3) is 0.800. The standard InChI is InChI=1S/C10H17N3O4S2/c1-3-17-9(14)12-19(15,16)13-6-4-10(8-11,18-2)5-7-13/h3-7H2,1-2H3,(H,12,14). The van der Waals surface area contributed by atoms with E-state index >= 15 is 0 Å². The van der Waals surface area contributed by atoms with Crippen molar-refractivity contribution in [2.75, 3.05) is 26.0 Å². The Morgan fingerprint density at radius 2 is 2.11 bits per heavy atom. The highest BCUT2D eigenvalue weighted by Gasteiger charge is 2.38. The lowest BCUT2D eigenvalue weighted by atomic mass is 9.99. The first kappa shape index (κ1) is 16.1. The summed E-state index contributed by atoms with van der Waals surface area (Å²) in [5.74, 6) is 0. The van der Waals surface area contributed by atoms with Crippen LogP contribution in [0.3, 0.4) is 0 Å². The number of nitrogens with one attached hydrogen (secondary N) is 1. The molecule has 0 atom stereocenters.